The van der Waals surface area contributed by atoms with Crippen molar-refractivity contribution in [1.82, 2.24) is 5.32 Å². The summed E-state index contributed by atoms with van der Waals surface area (Å²) in [7, 11) is 1.61. The summed E-state index contributed by atoms with van der Waals surface area (Å²) in [5.74, 6) is 0.842. The van der Waals surface area contributed by atoms with Crippen LogP contribution in [0.3, 0.4) is 0 Å². The van der Waals surface area contributed by atoms with E-state index in [9.17, 15) is 4.79 Å². The predicted molar refractivity (Wildman–Crippen MR) is 67.2 cm³/mol. The molecule has 5 heteroatoms. The van der Waals surface area contributed by atoms with Crippen LogP contribution in [0.25, 0.3) is 0 Å². The zero-order valence-electron chi connectivity index (χ0n) is 9.90. The fourth-order valence-corrected chi connectivity index (χ4v) is 1.96. The molecule has 0 unspecified atom stereocenters. The minimum atomic E-state index is 0.0968. The maximum absolute atomic E-state index is 11.3. The third-order valence-electron chi connectivity index (χ3n) is 2.89. The molecule has 1 aromatic rings. The summed E-state index contributed by atoms with van der Waals surface area (Å²) in [6, 6.07) is 5.62. The van der Waals surface area contributed by atoms with Crippen molar-refractivity contribution in [1.29, 1.82) is 0 Å². The number of anilines is 2. The highest BCUT2D eigenvalue weighted by atomic mass is 16.5. The molecule has 1 heterocycles. The van der Waals surface area contributed by atoms with Crippen LogP contribution in [0.2, 0.25) is 0 Å². The van der Waals surface area contributed by atoms with Gasteiger partial charge in [-0.2, -0.15) is 0 Å². The number of methoxy groups -OCH3 is 1. The SMILES string of the molecule is COc1ccc(N2CCNC(=O)CC2)c(N)c1. The van der Waals surface area contributed by atoms with Crippen molar-refractivity contribution < 1.29 is 9.53 Å². The Bertz CT molecular complexity index is 420. The fourth-order valence-electron chi connectivity index (χ4n) is 1.96. The second-order valence-corrected chi connectivity index (χ2v) is 4.01. The number of carbonyl (C=O) groups is 1. The number of carbonyl (C=O) groups excluding carboxylic acids is 1. The molecule has 92 valence electrons. The molecule has 2 rings (SSSR count). The van der Waals surface area contributed by atoms with Crippen LogP contribution >= 0.6 is 0 Å². The summed E-state index contributed by atoms with van der Waals surface area (Å²) < 4.78 is 5.11. The zero-order chi connectivity index (χ0) is 12.3. The molecule has 0 aromatic heterocycles. The van der Waals surface area contributed by atoms with Crippen molar-refractivity contribution in [2.24, 2.45) is 0 Å². The van der Waals surface area contributed by atoms with Gasteiger partial charge < -0.3 is 20.7 Å². The van der Waals surface area contributed by atoms with Gasteiger partial charge in [-0.3, -0.25) is 4.79 Å². The van der Waals surface area contributed by atoms with Gasteiger partial charge >= 0.3 is 0 Å². The molecular formula is C12H17N3O2. The van der Waals surface area contributed by atoms with Gasteiger partial charge in [0.1, 0.15) is 5.75 Å². The molecular weight excluding hydrogens is 218 g/mol. The molecule has 1 aliphatic rings. The molecule has 1 amide bonds. The van der Waals surface area contributed by atoms with E-state index in [1.807, 2.05) is 12.1 Å². The van der Waals surface area contributed by atoms with E-state index in [0.717, 1.165) is 18.0 Å². The molecule has 1 saturated heterocycles. The second kappa shape index (κ2) is 4.95. The minimum absolute atomic E-state index is 0.0968. The molecule has 5 nitrogen and oxygen atoms in total. The lowest BCUT2D eigenvalue weighted by atomic mass is 10.2. The Morgan fingerprint density at radius 2 is 2.24 bits per heavy atom. The average Bonchev–Trinajstić information content (AvgIpc) is 2.54. The number of hydrogen-bond donors (Lipinski definition) is 2. The average molecular weight is 235 g/mol. The molecule has 0 saturated carbocycles. The van der Waals surface area contributed by atoms with Gasteiger partial charge in [-0.15, -0.1) is 0 Å². The van der Waals surface area contributed by atoms with E-state index in [0.29, 0.717) is 25.2 Å². The standard InChI is InChI=1S/C12H17N3O2/c1-17-9-2-3-11(10(13)8-9)15-6-4-12(16)14-5-7-15/h2-3,8H,4-7,13H2,1H3,(H,14,16). The van der Waals surface area contributed by atoms with Gasteiger partial charge in [0.05, 0.1) is 18.5 Å². The Labute approximate surface area is 101 Å². The second-order valence-electron chi connectivity index (χ2n) is 4.01. The highest BCUT2D eigenvalue weighted by Gasteiger charge is 2.15. The minimum Gasteiger partial charge on any atom is -0.497 e. The van der Waals surface area contributed by atoms with Crippen LogP contribution in [-0.2, 0) is 4.79 Å². The van der Waals surface area contributed by atoms with Gasteiger partial charge in [0.2, 0.25) is 5.91 Å². The molecule has 1 aromatic carbocycles. The Balaban J connectivity index is 2.18. The van der Waals surface area contributed by atoms with Gasteiger partial charge in [-0.05, 0) is 12.1 Å². The van der Waals surface area contributed by atoms with E-state index in [2.05, 4.69) is 10.2 Å². The number of hydrogen-bond acceptors (Lipinski definition) is 4. The third kappa shape index (κ3) is 2.61. The molecule has 0 aliphatic carbocycles. The fraction of sp³-hybridized carbons (Fsp3) is 0.417. The van der Waals surface area contributed by atoms with E-state index < -0.39 is 0 Å². The van der Waals surface area contributed by atoms with Gasteiger partial charge in [0.15, 0.2) is 0 Å². The lowest BCUT2D eigenvalue weighted by Crippen LogP contribution is -2.28. The summed E-state index contributed by atoms with van der Waals surface area (Å²) in [5, 5.41) is 2.84. The lowest BCUT2D eigenvalue weighted by molar-refractivity contribution is -0.120. The molecule has 1 fully saturated rings. The summed E-state index contributed by atoms with van der Waals surface area (Å²) in [4.78, 5) is 13.4. The number of nitrogens with zero attached hydrogens (tertiary/aromatic N) is 1. The maximum atomic E-state index is 11.3. The van der Waals surface area contributed by atoms with Gasteiger partial charge in [-0.25, -0.2) is 0 Å². The van der Waals surface area contributed by atoms with Crippen LogP contribution in [0.15, 0.2) is 18.2 Å². The van der Waals surface area contributed by atoms with Gasteiger partial charge in [-0.1, -0.05) is 0 Å². The summed E-state index contributed by atoms with van der Waals surface area (Å²) in [6.45, 7) is 2.13. The van der Waals surface area contributed by atoms with E-state index in [1.54, 1.807) is 13.2 Å². The van der Waals surface area contributed by atoms with Crippen molar-refractivity contribution in [3.8, 4) is 5.75 Å². The number of amides is 1. The normalized spacial score (nSPS) is 16.3. The first kappa shape index (κ1) is 11.6. The van der Waals surface area contributed by atoms with Crippen LogP contribution in [0.4, 0.5) is 11.4 Å². The number of benzene rings is 1. The highest BCUT2D eigenvalue weighted by molar-refractivity contribution is 5.78. The van der Waals surface area contributed by atoms with Crippen LogP contribution in [0.5, 0.6) is 5.75 Å². The van der Waals surface area contributed by atoms with E-state index in [4.69, 9.17) is 10.5 Å². The van der Waals surface area contributed by atoms with E-state index >= 15 is 0 Å². The van der Waals surface area contributed by atoms with Crippen molar-refractivity contribution in [2.75, 3.05) is 37.4 Å². The largest absolute Gasteiger partial charge is 0.497 e. The number of rotatable bonds is 2. The number of ether oxygens (including phenoxy) is 1. The Morgan fingerprint density at radius 3 is 2.94 bits per heavy atom. The molecule has 3 N–H and O–H groups in total. The topological polar surface area (TPSA) is 67.6 Å². The number of nitrogens with one attached hydrogen (secondary N) is 1. The summed E-state index contributed by atoms with van der Waals surface area (Å²) in [6.07, 6.45) is 0.505. The number of nitrogens with two attached hydrogens (primary N) is 1. The predicted octanol–water partition coefficient (Wildman–Crippen LogP) is 0.604. The Hall–Kier alpha value is -1.91. The van der Waals surface area contributed by atoms with Gasteiger partial charge in [0.25, 0.3) is 0 Å². The van der Waals surface area contributed by atoms with Crippen molar-refractivity contribution in [3.05, 3.63) is 18.2 Å². The van der Waals surface area contributed by atoms with E-state index in [1.165, 1.54) is 0 Å². The van der Waals surface area contributed by atoms with Gasteiger partial charge in [0, 0.05) is 32.1 Å². The van der Waals surface area contributed by atoms with E-state index in [-0.39, 0.29) is 5.91 Å². The molecule has 0 radical (unpaired) electrons. The lowest BCUT2D eigenvalue weighted by Gasteiger charge is -2.23. The molecule has 17 heavy (non-hydrogen) atoms. The van der Waals surface area contributed by atoms with Crippen LogP contribution < -0.4 is 20.7 Å². The quantitative estimate of drug-likeness (QED) is 0.737. The summed E-state index contributed by atoms with van der Waals surface area (Å²) in [5.41, 5.74) is 7.63. The first-order valence-corrected chi connectivity index (χ1v) is 5.66. The zero-order valence-corrected chi connectivity index (χ0v) is 9.90. The van der Waals surface area contributed by atoms with Crippen molar-refractivity contribution in [3.63, 3.8) is 0 Å². The van der Waals surface area contributed by atoms with Crippen LogP contribution in [-0.4, -0.2) is 32.7 Å². The first-order valence-electron chi connectivity index (χ1n) is 5.66. The number of nitrogen functional groups attached to an aromatic ring is 1. The Morgan fingerprint density at radius 1 is 1.41 bits per heavy atom. The first-order chi connectivity index (χ1) is 8.20. The van der Waals surface area contributed by atoms with Crippen molar-refractivity contribution in [2.45, 2.75) is 6.42 Å². The third-order valence-corrected chi connectivity index (χ3v) is 2.89. The highest BCUT2D eigenvalue weighted by Crippen LogP contribution is 2.27. The smallest absolute Gasteiger partial charge is 0.221 e. The molecule has 1 aliphatic heterocycles. The monoisotopic (exact) mass is 235 g/mol. The van der Waals surface area contributed by atoms with Crippen LogP contribution in [0, 0.1) is 0 Å². The van der Waals surface area contributed by atoms with Crippen LogP contribution in [0.1, 0.15) is 6.42 Å². The molecule has 0 atom stereocenters. The molecule has 0 bridgehead atoms. The Kier molecular flexibility index (Phi) is 3.37. The molecule has 0 spiro atoms. The summed E-state index contributed by atoms with van der Waals surface area (Å²) >= 11 is 0. The van der Waals surface area contributed by atoms with Crippen molar-refractivity contribution >= 4 is 17.3 Å². The maximum Gasteiger partial charge on any atom is 0.221 e.